The second kappa shape index (κ2) is 23.7. The molecule has 0 radical (unpaired) electrons. The fourth-order valence-electron chi connectivity index (χ4n) is 6.74. The lowest BCUT2D eigenvalue weighted by Crippen LogP contribution is -2.65. The van der Waals surface area contributed by atoms with Gasteiger partial charge in [-0.1, -0.05) is 28.9 Å². The largest absolute Gasteiger partial charge is 0.394 e. The summed E-state index contributed by atoms with van der Waals surface area (Å²) in [5.41, 5.74) is 27.8. The van der Waals surface area contributed by atoms with E-state index in [0.717, 1.165) is 31.3 Å². The van der Waals surface area contributed by atoms with E-state index in [1.165, 1.54) is 18.1 Å². The molecule has 15 N–H and O–H groups in total. The number of hydrogen-bond donors (Lipinski definition) is 11. The van der Waals surface area contributed by atoms with E-state index in [1.807, 2.05) is 13.0 Å². The molecule has 324 valence electrons. The van der Waals surface area contributed by atoms with Gasteiger partial charge in [-0.3, -0.25) is 4.99 Å². The Morgan fingerprint density at radius 1 is 0.821 bits per heavy atom. The molecule has 2 heterocycles. The Morgan fingerprint density at radius 2 is 1.50 bits per heavy atom. The lowest BCUT2D eigenvalue weighted by molar-refractivity contribution is -0.377. The first-order valence-electron chi connectivity index (χ1n) is 19.5. The average Bonchev–Trinajstić information content (AvgIpc) is 3.44. The summed E-state index contributed by atoms with van der Waals surface area (Å²) in [7, 11) is 0. The third-order valence-corrected chi connectivity index (χ3v) is 10.3. The van der Waals surface area contributed by atoms with Crippen molar-refractivity contribution in [3.05, 3.63) is 34.9 Å². The summed E-state index contributed by atoms with van der Waals surface area (Å²) in [5, 5.41) is 74.3. The van der Waals surface area contributed by atoms with Gasteiger partial charge in [0.2, 0.25) is 0 Å². The summed E-state index contributed by atoms with van der Waals surface area (Å²) in [6, 6.07) is -2.48. The van der Waals surface area contributed by atoms with E-state index in [0.29, 0.717) is 0 Å². The Labute approximate surface area is 330 Å². The van der Waals surface area contributed by atoms with Crippen LogP contribution in [0.2, 0.25) is 0 Å². The predicted octanol–water partition coefficient (Wildman–Crippen LogP) is -1.71. The van der Waals surface area contributed by atoms with Crippen molar-refractivity contribution in [3.63, 3.8) is 0 Å². The molecule has 17 unspecified atom stereocenters. The highest BCUT2D eigenvalue weighted by molar-refractivity contribution is 5.72. The molecule has 0 aromatic carbocycles. The summed E-state index contributed by atoms with van der Waals surface area (Å²) in [6.07, 6.45) is -6.33. The smallest absolute Gasteiger partial charge is 0.187 e. The van der Waals surface area contributed by atoms with Crippen LogP contribution in [0.5, 0.6) is 0 Å². The predicted molar refractivity (Wildman–Crippen MR) is 207 cm³/mol. The molecule has 18 nitrogen and oxygen atoms in total. The van der Waals surface area contributed by atoms with Crippen LogP contribution in [0.25, 0.3) is 0 Å². The van der Waals surface area contributed by atoms with Crippen LogP contribution in [-0.2, 0) is 28.7 Å². The lowest BCUT2D eigenvalue weighted by atomic mass is 9.84. The highest BCUT2D eigenvalue weighted by Crippen LogP contribution is 2.33. The van der Waals surface area contributed by atoms with E-state index in [1.54, 1.807) is 6.21 Å². The van der Waals surface area contributed by atoms with Crippen molar-refractivity contribution in [1.82, 2.24) is 0 Å². The topological polar surface area (TPSA) is 313 Å². The molecule has 0 aromatic heterocycles. The molecule has 0 aromatic rings. The average molecular weight is 804 g/mol. The van der Waals surface area contributed by atoms with Crippen molar-refractivity contribution in [2.24, 2.45) is 27.9 Å². The Kier molecular flexibility index (Phi) is 20.6. The second-order valence-electron chi connectivity index (χ2n) is 15.6. The first-order chi connectivity index (χ1) is 26.5. The summed E-state index contributed by atoms with van der Waals surface area (Å²) in [4.78, 5) is 15.0. The zero-order chi connectivity index (χ0) is 41.7. The van der Waals surface area contributed by atoms with E-state index in [9.17, 15) is 35.7 Å². The highest BCUT2D eigenvalue weighted by Gasteiger charge is 2.52. The normalized spacial score (nSPS) is 36.8. The van der Waals surface area contributed by atoms with Gasteiger partial charge in [0.1, 0.15) is 48.8 Å². The minimum absolute atomic E-state index is 0.0236. The molecule has 17 atom stereocenters. The number of allylic oxidation sites excluding steroid dienone is 6. The first kappa shape index (κ1) is 48.6. The van der Waals surface area contributed by atoms with Gasteiger partial charge in [0.25, 0.3) is 0 Å². The van der Waals surface area contributed by atoms with Gasteiger partial charge in [0, 0.05) is 37.3 Å². The molecule has 0 amide bonds. The molecule has 2 saturated heterocycles. The fourth-order valence-corrected chi connectivity index (χ4v) is 6.74. The third kappa shape index (κ3) is 14.2. The van der Waals surface area contributed by atoms with E-state index < -0.39 is 111 Å². The maximum Gasteiger partial charge on any atom is 0.187 e. The van der Waals surface area contributed by atoms with Crippen LogP contribution in [0.3, 0.4) is 0 Å². The summed E-state index contributed by atoms with van der Waals surface area (Å²) >= 11 is 0. The fraction of sp³-hybridized carbons (Fsp3) is 0.816. The van der Waals surface area contributed by atoms with Gasteiger partial charge in [-0.05, 0) is 72.8 Å². The van der Waals surface area contributed by atoms with Crippen molar-refractivity contribution >= 4 is 6.21 Å². The van der Waals surface area contributed by atoms with Crippen LogP contribution < -0.4 is 22.9 Å². The lowest BCUT2D eigenvalue weighted by Gasteiger charge is -2.45. The molecule has 1 saturated carbocycles. The molecule has 3 fully saturated rings. The minimum Gasteiger partial charge on any atom is -0.394 e. The number of aliphatic hydroxyl groups excluding tert-OH is 7. The van der Waals surface area contributed by atoms with Gasteiger partial charge in [-0.15, -0.1) is 0 Å². The number of ether oxygens (including phenoxy) is 4. The van der Waals surface area contributed by atoms with Crippen LogP contribution in [0, 0.1) is 0 Å². The standard InChI is InChI=1S/C38H69N5O13/c1-19(2)8-6-9-20(3)10-7-11-21(4)12-13-43-17-27-32(48)25(45)15-29(51-27)53-35-24(42)14-23(41)31(47)37(35)54-38-34(50)36(28(18-44)52-38)56-55-26(16-39)33(49)30(46)22(5)40/h8,10,12-13,22-38,44-50H,6-7,9,11,14-18,39-42H2,1-5H3/b20-10+,21-12+,43-13?. The SMILES string of the molecule is CC(C)=CCC/C(C)=C/CC/C(C)=C/C=NCC1OC(OC2C(N)CC(N)C(O)C2OC2OC(CO)C(OOC(CN)C(O)C(O)C(C)N)C2O)CC(O)C1O. The molecule has 3 aliphatic rings. The Bertz CT molecular complexity index is 1290. The Morgan fingerprint density at radius 3 is 2.14 bits per heavy atom. The number of aliphatic hydroxyl groups is 7. The molecule has 2 aliphatic heterocycles. The van der Waals surface area contributed by atoms with Crippen LogP contribution in [0.4, 0.5) is 0 Å². The van der Waals surface area contributed by atoms with Crippen LogP contribution in [0.15, 0.2) is 39.9 Å². The van der Waals surface area contributed by atoms with Crippen molar-refractivity contribution in [2.75, 3.05) is 19.7 Å². The zero-order valence-electron chi connectivity index (χ0n) is 33.3. The van der Waals surface area contributed by atoms with Crippen LogP contribution in [0.1, 0.15) is 73.1 Å². The molecule has 3 rings (SSSR count). The summed E-state index contributed by atoms with van der Waals surface area (Å²) < 4.78 is 24.0. The zero-order valence-corrected chi connectivity index (χ0v) is 33.3. The second-order valence-corrected chi connectivity index (χ2v) is 15.6. The van der Waals surface area contributed by atoms with Crippen molar-refractivity contribution in [1.29, 1.82) is 0 Å². The molecule has 1 aliphatic carbocycles. The van der Waals surface area contributed by atoms with Gasteiger partial charge >= 0.3 is 0 Å². The molecule has 18 heteroatoms. The van der Waals surface area contributed by atoms with Gasteiger partial charge < -0.3 is 77.6 Å². The Hall–Kier alpha value is -1.79. The number of rotatable bonds is 21. The third-order valence-electron chi connectivity index (χ3n) is 10.3. The number of aliphatic imine (C=N–C) groups is 1. The van der Waals surface area contributed by atoms with Gasteiger partial charge in [-0.2, -0.15) is 0 Å². The van der Waals surface area contributed by atoms with Gasteiger partial charge in [0.15, 0.2) is 18.7 Å². The monoisotopic (exact) mass is 803 g/mol. The van der Waals surface area contributed by atoms with Gasteiger partial charge in [0.05, 0.1) is 31.5 Å². The van der Waals surface area contributed by atoms with Crippen molar-refractivity contribution < 1.29 is 64.5 Å². The number of hydrogen-bond acceptors (Lipinski definition) is 18. The van der Waals surface area contributed by atoms with Crippen molar-refractivity contribution in [2.45, 2.75) is 177 Å². The maximum atomic E-state index is 11.2. The molecule has 56 heavy (non-hydrogen) atoms. The first-order valence-corrected chi connectivity index (χ1v) is 19.5. The Balaban J connectivity index is 1.63. The molecular formula is C38H69N5O13. The summed E-state index contributed by atoms with van der Waals surface area (Å²) in [5.74, 6) is 0. The van der Waals surface area contributed by atoms with Crippen molar-refractivity contribution in [3.8, 4) is 0 Å². The van der Waals surface area contributed by atoms with Crippen LogP contribution in [-0.4, -0.2) is 166 Å². The quantitative estimate of drug-likeness (QED) is 0.0266. The molecular weight excluding hydrogens is 734 g/mol. The van der Waals surface area contributed by atoms with E-state index in [4.69, 9.17) is 51.7 Å². The van der Waals surface area contributed by atoms with E-state index in [-0.39, 0.29) is 25.9 Å². The van der Waals surface area contributed by atoms with Crippen LogP contribution >= 0.6 is 0 Å². The highest BCUT2D eigenvalue weighted by atomic mass is 17.2. The van der Waals surface area contributed by atoms with E-state index in [2.05, 4.69) is 37.9 Å². The summed E-state index contributed by atoms with van der Waals surface area (Å²) in [6.45, 7) is 8.91. The molecule has 0 bridgehead atoms. The number of nitrogens with two attached hydrogens (primary N) is 4. The maximum absolute atomic E-state index is 11.2. The van der Waals surface area contributed by atoms with E-state index >= 15 is 0 Å². The minimum atomic E-state index is -1.62. The number of nitrogens with zero attached hydrogens (tertiary/aromatic N) is 1. The molecule has 0 spiro atoms. The van der Waals surface area contributed by atoms with Gasteiger partial charge in [-0.25, -0.2) is 9.78 Å².